The second kappa shape index (κ2) is 12.0. The number of fused-ring (bicyclic) bond motifs is 7. The molecule has 1 aromatic carbocycles. The lowest BCUT2D eigenvalue weighted by molar-refractivity contribution is -0.160. The third-order valence-electron chi connectivity index (χ3n) is 14.5. The lowest BCUT2D eigenvalue weighted by Crippen LogP contribution is -2.60. The average Bonchev–Trinajstić information content (AvgIpc) is 3.47. The van der Waals surface area contributed by atoms with Gasteiger partial charge in [-0.3, -0.25) is 19.7 Å². The zero-order valence-electron chi connectivity index (χ0n) is 28.6. The zero-order chi connectivity index (χ0) is 33.3. The van der Waals surface area contributed by atoms with E-state index < -0.39 is 0 Å². The number of benzene rings is 1. The van der Waals surface area contributed by atoms with Crippen LogP contribution in [-0.2, 0) is 25.5 Å². The van der Waals surface area contributed by atoms with E-state index in [1.165, 1.54) is 18.6 Å². The molecule has 9 heteroatoms. The molecule has 0 radical (unpaired) electrons. The number of rotatable bonds is 6. The Labute approximate surface area is 279 Å². The van der Waals surface area contributed by atoms with Crippen LogP contribution < -0.4 is 16.0 Å². The molecular formula is C38H55N3O6. The molecular weight excluding hydrogens is 594 g/mol. The molecule has 2 aliphatic heterocycles. The molecule has 6 fully saturated rings. The molecule has 2 heterocycles. The molecule has 2 saturated heterocycles. The van der Waals surface area contributed by atoms with Gasteiger partial charge in [0, 0.05) is 42.8 Å². The summed E-state index contributed by atoms with van der Waals surface area (Å²) >= 11 is 0. The number of phenols is 2. The summed E-state index contributed by atoms with van der Waals surface area (Å²) in [6.07, 6.45) is 9.41. The second-order valence-corrected chi connectivity index (χ2v) is 16.8. The van der Waals surface area contributed by atoms with Crippen LogP contribution in [0.3, 0.4) is 0 Å². The van der Waals surface area contributed by atoms with E-state index in [-0.39, 0.29) is 64.4 Å². The van der Waals surface area contributed by atoms with Crippen LogP contribution in [0.5, 0.6) is 11.5 Å². The van der Waals surface area contributed by atoms with E-state index in [1.54, 1.807) is 6.07 Å². The number of Topliss-reactive ketones (excluding diaryl/α,β-unsaturated/α-hetero) is 1. The number of nitrogens with one attached hydrogen (secondary N) is 3. The van der Waals surface area contributed by atoms with Gasteiger partial charge in [-0.05, 0) is 110 Å². The second-order valence-electron chi connectivity index (χ2n) is 16.8. The first-order chi connectivity index (χ1) is 22.3. The summed E-state index contributed by atoms with van der Waals surface area (Å²) in [4.78, 5) is 39.7. The standard InChI is InChI=1S/C38H55N3O6/c1-21-9-13-38(40-20-21)22(2)35-31(47-38)17-28-26-7-6-24-16-25(10-12-36(24,3)27(26)18-32(44)37(28,35)4)41-34(46)19-33(45)39-14-11-23-5-8-29(42)30(43)15-23/h5,8,15,21-22,24-28,31,35,40,42-43H,6-7,9-14,16-20H2,1-4H3,(H,39,45)(H,41,46)/t21-,22-,24+,25-,26+,27-,28-,31-,35-,36-,37+,38+/m0/s1. The predicted octanol–water partition coefficient (Wildman–Crippen LogP) is 4.83. The third kappa shape index (κ3) is 5.48. The molecule has 4 saturated carbocycles. The van der Waals surface area contributed by atoms with Crippen molar-refractivity contribution in [2.45, 2.75) is 116 Å². The van der Waals surface area contributed by atoms with Gasteiger partial charge in [0.15, 0.2) is 11.5 Å². The first-order valence-electron chi connectivity index (χ1n) is 18.4. The Bertz CT molecular complexity index is 1410. The molecule has 2 amide bonds. The van der Waals surface area contributed by atoms with Gasteiger partial charge in [0.2, 0.25) is 11.8 Å². The molecule has 5 N–H and O–H groups in total. The van der Waals surface area contributed by atoms with Gasteiger partial charge < -0.3 is 25.6 Å². The van der Waals surface area contributed by atoms with Crippen LogP contribution in [0.25, 0.3) is 0 Å². The summed E-state index contributed by atoms with van der Waals surface area (Å²) in [5.41, 5.74) is 0.306. The van der Waals surface area contributed by atoms with E-state index in [0.29, 0.717) is 60.7 Å². The molecule has 1 aromatic rings. The van der Waals surface area contributed by atoms with Gasteiger partial charge in [-0.15, -0.1) is 0 Å². The summed E-state index contributed by atoms with van der Waals surface area (Å²) in [5.74, 6) is 2.61. The predicted molar refractivity (Wildman–Crippen MR) is 177 cm³/mol. The zero-order valence-corrected chi connectivity index (χ0v) is 28.6. The van der Waals surface area contributed by atoms with Crippen molar-refractivity contribution in [3.63, 3.8) is 0 Å². The first kappa shape index (κ1) is 32.9. The summed E-state index contributed by atoms with van der Waals surface area (Å²) < 4.78 is 6.97. The molecule has 0 bridgehead atoms. The molecule has 0 aromatic heterocycles. The Balaban J connectivity index is 0.936. The van der Waals surface area contributed by atoms with Crippen LogP contribution in [0.1, 0.15) is 97.5 Å². The summed E-state index contributed by atoms with van der Waals surface area (Å²) in [6.45, 7) is 10.7. The quantitative estimate of drug-likeness (QED) is 0.220. The number of hydrogen-bond acceptors (Lipinski definition) is 7. The van der Waals surface area contributed by atoms with Crippen LogP contribution in [0.15, 0.2) is 18.2 Å². The van der Waals surface area contributed by atoms with Crippen LogP contribution in [0.2, 0.25) is 0 Å². The van der Waals surface area contributed by atoms with Crippen molar-refractivity contribution >= 4 is 17.6 Å². The van der Waals surface area contributed by atoms with Gasteiger partial charge >= 0.3 is 0 Å². The number of aromatic hydroxyl groups is 2. The van der Waals surface area contributed by atoms with Gasteiger partial charge in [0.1, 0.15) is 17.9 Å². The molecule has 1 spiro atoms. The smallest absolute Gasteiger partial charge is 0.229 e. The van der Waals surface area contributed by atoms with Crippen molar-refractivity contribution < 1.29 is 29.3 Å². The maximum absolute atomic E-state index is 14.4. The number of hydrogen-bond donors (Lipinski definition) is 5. The van der Waals surface area contributed by atoms with E-state index >= 15 is 0 Å². The molecule has 0 unspecified atom stereocenters. The highest BCUT2D eigenvalue weighted by Gasteiger charge is 2.71. The molecule has 9 nitrogen and oxygen atoms in total. The van der Waals surface area contributed by atoms with E-state index in [2.05, 4.69) is 43.6 Å². The van der Waals surface area contributed by atoms with E-state index in [9.17, 15) is 24.6 Å². The Morgan fingerprint density at radius 1 is 1.00 bits per heavy atom. The summed E-state index contributed by atoms with van der Waals surface area (Å²) in [5, 5.41) is 28.9. The monoisotopic (exact) mass is 649 g/mol. The maximum atomic E-state index is 14.4. The average molecular weight is 650 g/mol. The Hall–Kier alpha value is -2.65. The lowest BCUT2D eigenvalue weighted by Gasteiger charge is -2.60. The fourth-order valence-electron chi connectivity index (χ4n) is 11.8. The highest BCUT2D eigenvalue weighted by Crippen LogP contribution is 2.70. The van der Waals surface area contributed by atoms with Gasteiger partial charge in [-0.2, -0.15) is 0 Å². The molecule has 4 aliphatic carbocycles. The Morgan fingerprint density at radius 3 is 2.55 bits per heavy atom. The highest BCUT2D eigenvalue weighted by atomic mass is 16.5. The minimum atomic E-state index is -0.324. The summed E-state index contributed by atoms with van der Waals surface area (Å²) in [7, 11) is 0. The van der Waals surface area contributed by atoms with E-state index in [4.69, 9.17) is 4.74 Å². The number of phenolic OH excluding ortho intramolecular Hbond substituents is 2. The van der Waals surface area contributed by atoms with Crippen molar-refractivity contribution in [3.8, 4) is 11.5 Å². The Morgan fingerprint density at radius 2 is 1.81 bits per heavy atom. The highest BCUT2D eigenvalue weighted by molar-refractivity contribution is 5.97. The van der Waals surface area contributed by atoms with Gasteiger partial charge in [0.05, 0.1) is 6.10 Å². The van der Waals surface area contributed by atoms with Crippen LogP contribution in [0.4, 0.5) is 0 Å². The fourth-order valence-corrected chi connectivity index (χ4v) is 11.8. The Kier molecular flexibility index (Phi) is 8.42. The number of carbonyl (C=O) groups is 3. The maximum Gasteiger partial charge on any atom is 0.229 e. The minimum absolute atomic E-state index is 0.0523. The van der Waals surface area contributed by atoms with Crippen LogP contribution in [-0.4, -0.2) is 58.8 Å². The van der Waals surface area contributed by atoms with Crippen molar-refractivity contribution in [2.24, 2.45) is 52.3 Å². The SMILES string of the molecule is C[C@H]1CC[C@@]2(NC1)O[C@H]1C[C@H]3[C@@H]4CC[C@@H]5C[C@@H](NC(=O)CC(=O)NCCc6ccc(O)c(O)c6)CC[C@]5(C)[C@H]4CC(=O)[C@]3(C)[C@H]1[C@@H]2C. The summed E-state index contributed by atoms with van der Waals surface area (Å²) in [6, 6.07) is 4.63. The number of ether oxygens (including phenoxy) is 1. The van der Waals surface area contributed by atoms with Crippen molar-refractivity contribution in [3.05, 3.63) is 23.8 Å². The largest absolute Gasteiger partial charge is 0.504 e. The van der Waals surface area contributed by atoms with Crippen LogP contribution in [0, 0.1) is 52.3 Å². The van der Waals surface area contributed by atoms with Crippen LogP contribution >= 0.6 is 0 Å². The number of ketones is 1. The number of carbonyl (C=O) groups excluding carboxylic acids is 3. The number of piperidine rings is 1. The molecule has 12 atom stereocenters. The van der Waals surface area contributed by atoms with Gasteiger partial charge in [-0.25, -0.2) is 0 Å². The third-order valence-corrected chi connectivity index (χ3v) is 14.5. The molecule has 258 valence electrons. The van der Waals surface area contributed by atoms with Crippen molar-refractivity contribution in [2.75, 3.05) is 13.1 Å². The van der Waals surface area contributed by atoms with Gasteiger partial charge in [0.25, 0.3) is 0 Å². The minimum Gasteiger partial charge on any atom is -0.504 e. The lowest BCUT2D eigenvalue weighted by atomic mass is 9.44. The fraction of sp³-hybridized carbons (Fsp3) is 0.763. The number of amides is 2. The van der Waals surface area contributed by atoms with Crippen molar-refractivity contribution in [1.82, 2.24) is 16.0 Å². The topological polar surface area (TPSA) is 137 Å². The first-order valence-corrected chi connectivity index (χ1v) is 18.4. The van der Waals surface area contributed by atoms with E-state index in [0.717, 1.165) is 57.1 Å². The molecule has 6 aliphatic rings. The normalized spacial score (nSPS) is 43.8. The molecule has 7 rings (SSSR count). The van der Waals surface area contributed by atoms with E-state index in [1.807, 2.05) is 0 Å². The van der Waals surface area contributed by atoms with Gasteiger partial charge in [-0.1, -0.05) is 33.8 Å². The molecule has 47 heavy (non-hydrogen) atoms. The van der Waals surface area contributed by atoms with Crippen molar-refractivity contribution in [1.29, 1.82) is 0 Å².